The number of ether oxygens (including phenoxy) is 1. The van der Waals surface area contributed by atoms with Gasteiger partial charge in [0.05, 0.1) is 16.6 Å². The molecule has 3 N–H and O–H groups in total. The number of hydrogen-bond acceptors (Lipinski definition) is 8. The predicted octanol–water partition coefficient (Wildman–Crippen LogP) is 1.47. The number of nitrogen functional groups attached to an aromatic ring is 1. The van der Waals surface area contributed by atoms with Gasteiger partial charge in [0.15, 0.2) is 11.6 Å². The van der Waals surface area contributed by atoms with E-state index in [1.165, 1.54) is 6.07 Å². The number of hydrogen-bond donors (Lipinski definition) is 2. The predicted molar refractivity (Wildman–Crippen MR) is 67.7 cm³/mol. The fourth-order valence-corrected chi connectivity index (χ4v) is 1.46. The Balaban J connectivity index is 2.45. The topological polar surface area (TPSA) is 140 Å². The van der Waals surface area contributed by atoms with Gasteiger partial charge in [-0.3, -0.25) is 10.1 Å². The number of nitrogens with one attached hydrogen (secondary N) is 1. The van der Waals surface area contributed by atoms with Gasteiger partial charge >= 0.3 is 11.6 Å². The van der Waals surface area contributed by atoms with E-state index in [9.17, 15) is 14.5 Å². The molecule has 1 aromatic heterocycles. The first kappa shape index (κ1) is 14.1. The Hall–Kier alpha value is -3.32. The molecule has 106 valence electrons. The van der Waals surface area contributed by atoms with E-state index in [0.717, 1.165) is 18.5 Å². The molecule has 0 saturated heterocycles. The maximum Gasteiger partial charge on any atom is 0.374 e. The summed E-state index contributed by atoms with van der Waals surface area (Å²) in [5.74, 6) is 3.17. The highest BCUT2D eigenvalue weighted by Gasteiger charge is 2.25. The van der Waals surface area contributed by atoms with Crippen molar-refractivity contribution in [3.8, 4) is 17.7 Å². The summed E-state index contributed by atoms with van der Waals surface area (Å²) in [6.07, 6.45) is 0.971. The number of rotatable bonds is 4. The number of nitro groups is 1. The fourth-order valence-electron chi connectivity index (χ4n) is 1.46. The van der Waals surface area contributed by atoms with Crippen molar-refractivity contribution < 1.29 is 14.1 Å². The molecule has 2 rings (SSSR count). The number of hydrazine groups is 1. The van der Waals surface area contributed by atoms with E-state index in [4.69, 9.17) is 15.8 Å². The van der Waals surface area contributed by atoms with E-state index in [2.05, 4.69) is 9.97 Å². The van der Waals surface area contributed by atoms with Gasteiger partial charge in [0.2, 0.25) is 5.82 Å². The number of benzene rings is 1. The first-order valence-corrected chi connectivity index (χ1v) is 5.40. The zero-order valence-corrected chi connectivity index (χ0v) is 10.3. The third-order valence-corrected chi connectivity index (χ3v) is 2.38. The van der Waals surface area contributed by atoms with E-state index in [1.807, 2.05) is 5.43 Å². The third kappa shape index (κ3) is 2.82. The Morgan fingerprint density at radius 3 is 2.81 bits per heavy atom. The average Bonchev–Trinajstić information content (AvgIpc) is 2.48. The van der Waals surface area contributed by atoms with Crippen molar-refractivity contribution in [3.05, 3.63) is 46.0 Å². The number of aromatic nitrogens is 2. The Morgan fingerprint density at radius 2 is 2.24 bits per heavy atom. The van der Waals surface area contributed by atoms with Gasteiger partial charge in [0.1, 0.15) is 6.33 Å². The Morgan fingerprint density at radius 1 is 1.48 bits per heavy atom. The fraction of sp³-hybridized carbons (Fsp3) is 0. The molecule has 10 heteroatoms. The van der Waals surface area contributed by atoms with E-state index in [-0.39, 0.29) is 17.1 Å². The molecule has 1 heterocycles. The minimum Gasteiger partial charge on any atom is -0.430 e. The van der Waals surface area contributed by atoms with Crippen LogP contribution >= 0.6 is 0 Å². The molecular weight excluding hydrogens is 283 g/mol. The van der Waals surface area contributed by atoms with Crippen LogP contribution in [0.5, 0.6) is 11.6 Å². The van der Waals surface area contributed by atoms with Crippen molar-refractivity contribution >= 4 is 11.5 Å². The Kier molecular flexibility index (Phi) is 3.87. The molecule has 0 saturated carbocycles. The molecule has 1 aromatic carbocycles. The van der Waals surface area contributed by atoms with Crippen molar-refractivity contribution in [2.75, 3.05) is 5.43 Å². The minimum atomic E-state index is -0.857. The highest BCUT2D eigenvalue weighted by molar-refractivity contribution is 5.61. The molecule has 2 aromatic rings. The van der Waals surface area contributed by atoms with Gasteiger partial charge in [-0.15, -0.1) is 0 Å². The SMILES string of the molecule is N#Cc1ccc(Oc2ncnc(NN)c2[N+](=O)[O-])c(F)c1. The van der Waals surface area contributed by atoms with Crippen LogP contribution in [0.1, 0.15) is 5.56 Å². The first-order valence-electron chi connectivity index (χ1n) is 5.40. The van der Waals surface area contributed by atoms with Crippen LogP contribution in [0.25, 0.3) is 0 Å². The van der Waals surface area contributed by atoms with Crippen molar-refractivity contribution in [3.63, 3.8) is 0 Å². The lowest BCUT2D eigenvalue weighted by molar-refractivity contribution is -0.385. The second-order valence-electron chi connectivity index (χ2n) is 3.64. The highest BCUT2D eigenvalue weighted by atomic mass is 19.1. The molecule has 0 spiro atoms. The van der Waals surface area contributed by atoms with Crippen molar-refractivity contribution in [1.29, 1.82) is 5.26 Å². The molecule has 21 heavy (non-hydrogen) atoms. The summed E-state index contributed by atoms with van der Waals surface area (Å²) in [6, 6.07) is 5.15. The number of anilines is 1. The molecule has 0 atom stereocenters. The van der Waals surface area contributed by atoms with Crippen molar-refractivity contribution in [2.24, 2.45) is 5.84 Å². The van der Waals surface area contributed by atoms with E-state index < -0.39 is 22.3 Å². The number of nitrogens with two attached hydrogens (primary N) is 1. The van der Waals surface area contributed by atoms with Gasteiger partial charge < -0.3 is 10.2 Å². The van der Waals surface area contributed by atoms with Crippen LogP contribution in [0.3, 0.4) is 0 Å². The average molecular weight is 290 g/mol. The van der Waals surface area contributed by atoms with Crippen LogP contribution < -0.4 is 16.0 Å². The summed E-state index contributed by atoms with van der Waals surface area (Å²) in [6.45, 7) is 0. The van der Waals surface area contributed by atoms with Gasteiger partial charge in [-0.2, -0.15) is 10.2 Å². The number of nitriles is 1. The molecule has 0 radical (unpaired) electrons. The molecule has 0 fully saturated rings. The van der Waals surface area contributed by atoms with Gasteiger partial charge in [0, 0.05) is 0 Å². The normalized spacial score (nSPS) is 9.76. The van der Waals surface area contributed by atoms with Crippen LogP contribution in [0.2, 0.25) is 0 Å². The van der Waals surface area contributed by atoms with Crippen molar-refractivity contribution in [1.82, 2.24) is 9.97 Å². The summed E-state index contributed by atoms with van der Waals surface area (Å²) in [4.78, 5) is 17.3. The van der Waals surface area contributed by atoms with Gasteiger partial charge in [-0.05, 0) is 18.2 Å². The van der Waals surface area contributed by atoms with Crippen LogP contribution in [0.4, 0.5) is 15.9 Å². The standard InChI is InChI=1S/C11H7FN6O3/c12-7-3-6(4-13)1-2-8(7)21-11-9(18(19)20)10(17-14)15-5-16-11/h1-3,5H,14H2,(H,15,16,17). The molecular formula is C11H7FN6O3. The van der Waals surface area contributed by atoms with Gasteiger partial charge in [-0.1, -0.05) is 0 Å². The summed E-state index contributed by atoms with van der Waals surface area (Å²) in [7, 11) is 0. The van der Waals surface area contributed by atoms with Crippen molar-refractivity contribution in [2.45, 2.75) is 0 Å². The first-order chi connectivity index (χ1) is 10.1. The molecule has 0 amide bonds. The quantitative estimate of drug-likeness (QED) is 0.490. The van der Waals surface area contributed by atoms with E-state index >= 15 is 0 Å². The maximum atomic E-state index is 13.7. The van der Waals surface area contributed by atoms with E-state index in [1.54, 1.807) is 6.07 Å². The molecule has 0 aliphatic heterocycles. The largest absolute Gasteiger partial charge is 0.430 e. The molecule has 0 bridgehead atoms. The lowest BCUT2D eigenvalue weighted by atomic mass is 10.2. The Labute approximate surface area is 116 Å². The second kappa shape index (κ2) is 5.76. The molecule has 0 unspecified atom stereocenters. The molecule has 0 aliphatic rings. The summed E-state index contributed by atoms with van der Waals surface area (Å²) < 4.78 is 18.8. The third-order valence-electron chi connectivity index (χ3n) is 2.38. The summed E-state index contributed by atoms with van der Waals surface area (Å²) in [5, 5.41) is 19.6. The molecule has 0 aliphatic carbocycles. The molecule has 9 nitrogen and oxygen atoms in total. The zero-order valence-electron chi connectivity index (χ0n) is 10.3. The van der Waals surface area contributed by atoms with Crippen LogP contribution in [0.15, 0.2) is 24.5 Å². The summed E-state index contributed by atoms with van der Waals surface area (Å²) >= 11 is 0. The van der Waals surface area contributed by atoms with E-state index in [0.29, 0.717) is 0 Å². The number of halogens is 1. The van der Waals surface area contributed by atoms with Gasteiger partial charge in [-0.25, -0.2) is 15.2 Å². The second-order valence-corrected chi connectivity index (χ2v) is 3.64. The maximum absolute atomic E-state index is 13.7. The lowest BCUT2D eigenvalue weighted by Gasteiger charge is -2.07. The summed E-state index contributed by atoms with van der Waals surface area (Å²) in [5.41, 5.74) is 1.48. The smallest absolute Gasteiger partial charge is 0.374 e. The lowest BCUT2D eigenvalue weighted by Crippen LogP contribution is -2.12. The van der Waals surface area contributed by atoms with Crippen LogP contribution in [-0.2, 0) is 0 Å². The number of nitrogens with zero attached hydrogens (tertiary/aromatic N) is 4. The highest BCUT2D eigenvalue weighted by Crippen LogP contribution is 2.34. The van der Waals surface area contributed by atoms with Gasteiger partial charge in [0.25, 0.3) is 0 Å². The zero-order chi connectivity index (χ0) is 15.4. The Bertz CT molecular complexity index is 745. The van der Waals surface area contributed by atoms with Crippen LogP contribution in [-0.4, -0.2) is 14.9 Å². The monoisotopic (exact) mass is 290 g/mol. The minimum absolute atomic E-state index is 0.0846. The van der Waals surface area contributed by atoms with Crippen LogP contribution in [0, 0.1) is 27.3 Å².